The number of H-pyrrole nitrogens is 1. The van der Waals surface area contributed by atoms with Crippen LogP contribution >= 0.6 is 0 Å². The standard InChI is InChI=1S/C28H28FN3O2/c1-18-12-21(9-11-30-18)27-23-14-20(6-7-25(23)31-32-27)26(34)13-19-8-10-28(15-19,17-33)16-22-4-2-3-5-24(22)29/h2-7,9,11-12,14,19,33H,8,10,13,15-17H2,1H3,(H,31,32). The summed E-state index contributed by atoms with van der Waals surface area (Å²) in [5.41, 5.74) is 4.48. The third-order valence-electron chi connectivity index (χ3n) is 7.19. The van der Waals surface area contributed by atoms with Crippen LogP contribution in [0.25, 0.3) is 22.2 Å². The molecule has 0 spiro atoms. The van der Waals surface area contributed by atoms with Gasteiger partial charge < -0.3 is 5.11 Å². The molecular formula is C28H28FN3O2. The number of aryl methyl sites for hydroxylation is 1. The van der Waals surface area contributed by atoms with Gasteiger partial charge in [-0.1, -0.05) is 18.2 Å². The van der Waals surface area contributed by atoms with Crippen molar-refractivity contribution in [1.82, 2.24) is 15.2 Å². The largest absolute Gasteiger partial charge is 0.396 e. The van der Waals surface area contributed by atoms with Gasteiger partial charge in [-0.05, 0) is 85.9 Å². The molecule has 1 aliphatic carbocycles. The first-order chi connectivity index (χ1) is 16.5. The number of ketones is 1. The molecule has 1 aliphatic rings. The molecule has 6 heteroatoms. The number of Topliss-reactive ketones (excluding diaryl/α,β-unsaturated/α-hetero) is 1. The summed E-state index contributed by atoms with van der Waals surface area (Å²) in [4.78, 5) is 17.5. The third-order valence-corrected chi connectivity index (χ3v) is 7.19. The number of carbonyl (C=O) groups is 1. The van der Waals surface area contributed by atoms with E-state index in [1.807, 2.05) is 43.3 Å². The van der Waals surface area contributed by atoms with Crippen molar-refractivity contribution < 1.29 is 14.3 Å². The molecule has 1 fully saturated rings. The second kappa shape index (κ2) is 9.11. The van der Waals surface area contributed by atoms with Gasteiger partial charge in [0.2, 0.25) is 0 Å². The van der Waals surface area contributed by atoms with E-state index in [1.165, 1.54) is 6.07 Å². The number of aromatic nitrogens is 3. The van der Waals surface area contributed by atoms with Crippen molar-refractivity contribution in [2.75, 3.05) is 6.61 Å². The molecule has 2 heterocycles. The summed E-state index contributed by atoms with van der Waals surface area (Å²) in [6.07, 6.45) is 5.05. The van der Waals surface area contributed by atoms with E-state index in [0.717, 1.165) is 47.1 Å². The number of aliphatic hydroxyl groups is 1. The first-order valence-corrected chi connectivity index (χ1v) is 11.7. The molecule has 4 aromatic rings. The van der Waals surface area contributed by atoms with Crippen LogP contribution in [0.4, 0.5) is 4.39 Å². The number of aliphatic hydroxyl groups excluding tert-OH is 1. The Balaban J connectivity index is 1.33. The summed E-state index contributed by atoms with van der Waals surface area (Å²) in [5, 5.41) is 18.6. The molecule has 0 radical (unpaired) electrons. The van der Waals surface area contributed by atoms with Crippen LogP contribution in [-0.4, -0.2) is 32.7 Å². The fourth-order valence-electron chi connectivity index (χ4n) is 5.39. The summed E-state index contributed by atoms with van der Waals surface area (Å²) in [6, 6.07) is 16.3. The number of nitrogens with one attached hydrogen (secondary N) is 1. The molecule has 5 nitrogen and oxygen atoms in total. The maximum Gasteiger partial charge on any atom is 0.163 e. The predicted octanol–water partition coefficient (Wildman–Crippen LogP) is 5.67. The monoisotopic (exact) mass is 457 g/mol. The second-order valence-corrected chi connectivity index (χ2v) is 9.68. The number of pyridine rings is 1. The van der Waals surface area contributed by atoms with Crippen LogP contribution in [0.1, 0.15) is 47.3 Å². The van der Waals surface area contributed by atoms with Crippen LogP contribution in [0.3, 0.4) is 0 Å². The Hall–Kier alpha value is -3.38. The van der Waals surface area contributed by atoms with E-state index >= 15 is 0 Å². The van der Waals surface area contributed by atoms with Crippen LogP contribution in [0, 0.1) is 24.1 Å². The highest BCUT2D eigenvalue weighted by Gasteiger charge is 2.39. The van der Waals surface area contributed by atoms with Gasteiger partial charge in [0.25, 0.3) is 0 Å². The number of nitrogens with zero attached hydrogens (tertiary/aromatic N) is 2. The normalized spacial score (nSPS) is 20.1. The molecule has 1 saturated carbocycles. The summed E-state index contributed by atoms with van der Waals surface area (Å²) >= 11 is 0. The summed E-state index contributed by atoms with van der Waals surface area (Å²) in [6.45, 7) is 1.94. The zero-order valence-electron chi connectivity index (χ0n) is 19.2. The van der Waals surface area contributed by atoms with E-state index < -0.39 is 0 Å². The summed E-state index contributed by atoms with van der Waals surface area (Å²) in [5.74, 6) is 0.0295. The van der Waals surface area contributed by atoms with Crippen molar-refractivity contribution in [3.05, 3.63) is 83.4 Å². The Morgan fingerprint density at radius 2 is 2.06 bits per heavy atom. The average Bonchev–Trinajstić information content (AvgIpc) is 3.45. The third kappa shape index (κ3) is 4.38. The molecule has 5 rings (SSSR count). The highest BCUT2D eigenvalue weighted by molar-refractivity contribution is 6.02. The number of fused-ring (bicyclic) bond motifs is 1. The first-order valence-electron chi connectivity index (χ1n) is 11.7. The van der Waals surface area contributed by atoms with Crippen molar-refractivity contribution >= 4 is 16.7 Å². The molecule has 0 amide bonds. The molecule has 2 N–H and O–H groups in total. The number of halogens is 1. The van der Waals surface area contributed by atoms with Crippen LogP contribution in [0.2, 0.25) is 0 Å². The lowest BCUT2D eigenvalue weighted by atomic mass is 9.79. The summed E-state index contributed by atoms with van der Waals surface area (Å²) in [7, 11) is 0. The van der Waals surface area contributed by atoms with Crippen LogP contribution in [0.15, 0.2) is 60.8 Å². The SMILES string of the molecule is Cc1cc(-c2n[nH]c3ccc(C(=O)CC4CCC(CO)(Cc5ccccc5F)C4)cc23)ccn1. The molecule has 2 atom stereocenters. The molecule has 174 valence electrons. The van der Waals surface area contributed by atoms with Crippen LogP contribution in [-0.2, 0) is 6.42 Å². The van der Waals surface area contributed by atoms with Gasteiger partial charge in [0.15, 0.2) is 5.78 Å². The lowest BCUT2D eigenvalue weighted by molar-refractivity contribution is 0.0944. The quantitative estimate of drug-likeness (QED) is 0.351. The van der Waals surface area contributed by atoms with Crippen LogP contribution < -0.4 is 0 Å². The average molecular weight is 458 g/mol. The zero-order chi connectivity index (χ0) is 23.7. The van der Waals surface area contributed by atoms with Crippen molar-refractivity contribution in [1.29, 1.82) is 0 Å². The topological polar surface area (TPSA) is 78.9 Å². The molecule has 0 aliphatic heterocycles. The number of rotatable bonds is 7. The van der Waals surface area contributed by atoms with Gasteiger partial charge in [-0.25, -0.2) is 4.39 Å². The van der Waals surface area contributed by atoms with Gasteiger partial charge >= 0.3 is 0 Å². The molecule has 2 aromatic heterocycles. The molecule has 2 aromatic carbocycles. The summed E-state index contributed by atoms with van der Waals surface area (Å²) < 4.78 is 14.2. The minimum atomic E-state index is -0.367. The van der Waals surface area contributed by atoms with Crippen molar-refractivity contribution in [2.24, 2.45) is 11.3 Å². The van der Waals surface area contributed by atoms with E-state index in [0.29, 0.717) is 24.0 Å². The number of carbonyl (C=O) groups excluding carboxylic acids is 1. The Kier molecular flexibility index (Phi) is 6.00. The Morgan fingerprint density at radius 3 is 2.85 bits per heavy atom. The fourth-order valence-corrected chi connectivity index (χ4v) is 5.39. The van der Waals surface area contributed by atoms with Crippen molar-refractivity contribution in [3.8, 4) is 11.3 Å². The van der Waals surface area contributed by atoms with E-state index in [-0.39, 0.29) is 29.5 Å². The van der Waals surface area contributed by atoms with Gasteiger partial charge in [0, 0.05) is 41.4 Å². The van der Waals surface area contributed by atoms with Gasteiger partial charge in [-0.3, -0.25) is 14.9 Å². The lowest BCUT2D eigenvalue weighted by Crippen LogP contribution is -2.26. The lowest BCUT2D eigenvalue weighted by Gasteiger charge is -2.27. The van der Waals surface area contributed by atoms with Crippen LogP contribution in [0.5, 0.6) is 0 Å². The molecule has 0 bridgehead atoms. The molecule has 2 unspecified atom stereocenters. The number of benzene rings is 2. The zero-order valence-corrected chi connectivity index (χ0v) is 19.2. The van der Waals surface area contributed by atoms with Gasteiger partial charge in [0.1, 0.15) is 11.5 Å². The highest BCUT2D eigenvalue weighted by atomic mass is 19.1. The number of hydrogen-bond donors (Lipinski definition) is 2. The van der Waals surface area contributed by atoms with E-state index in [4.69, 9.17) is 0 Å². The Labute approximate surface area is 198 Å². The first kappa shape index (κ1) is 22.4. The van der Waals surface area contributed by atoms with E-state index in [1.54, 1.807) is 18.3 Å². The minimum absolute atomic E-state index is 0.00170. The number of hydrogen-bond acceptors (Lipinski definition) is 4. The molecule has 0 saturated heterocycles. The van der Waals surface area contributed by atoms with E-state index in [2.05, 4.69) is 15.2 Å². The molecular weight excluding hydrogens is 429 g/mol. The second-order valence-electron chi connectivity index (χ2n) is 9.68. The van der Waals surface area contributed by atoms with Gasteiger partial charge in [0.05, 0.1) is 5.52 Å². The Morgan fingerprint density at radius 1 is 1.21 bits per heavy atom. The smallest absolute Gasteiger partial charge is 0.163 e. The predicted molar refractivity (Wildman–Crippen MR) is 130 cm³/mol. The van der Waals surface area contributed by atoms with Gasteiger partial charge in [-0.2, -0.15) is 5.10 Å². The van der Waals surface area contributed by atoms with Crippen molar-refractivity contribution in [3.63, 3.8) is 0 Å². The minimum Gasteiger partial charge on any atom is -0.396 e. The van der Waals surface area contributed by atoms with Gasteiger partial charge in [-0.15, -0.1) is 0 Å². The Bertz CT molecular complexity index is 1350. The maximum atomic E-state index is 14.2. The van der Waals surface area contributed by atoms with E-state index in [9.17, 15) is 14.3 Å². The fraction of sp³-hybridized carbons (Fsp3) is 0.321. The van der Waals surface area contributed by atoms with Crippen molar-refractivity contribution in [2.45, 2.75) is 39.0 Å². The molecule has 34 heavy (non-hydrogen) atoms. The highest BCUT2D eigenvalue weighted by Crippen LogP contribution is 2.46. The maximum absolute atomic E-state index is 14.2. The number of aromatic amines is 1.